The lowest BCUT2D eigenvalue weighted by atomic mass is 10.1. The van der Waals surface area contributed by atoms with Gasteiger partial charge in [-0.25, -0.2) is 0 Å². The zero-order valence-corrected chi connectivity index (χ0v) is 14.2. The third-order valence-electron chi connectivity index (χ3n) is 3.37. The first-order valence-corrected chi connectivity index (χ1v) is 8.27. The number of hydrogen-bond donors (Lipinski definition) is 0. The Balaban J connectivity index is 2.11. The Hall–Kier alpha value is -2.62. The van der Waals surface area contributed by atoms with Crippen molar-refractivity contribution in [2.45, 2.75) is 26.7 Å². The number of ether oxygens (including phenoxy) is 2. The Labute approximate surface area is 143 Å². The molecular weight excluding hydrogens is 302 g/mol. The highest BCUT2D eigenvalue weighted by atomic mass is 16.5. The van der Waals surface area contributed by atoms with Gasteiger partial charge in [0.25, 0.3) is 0 Å². The minimum Gasteiger partial charge on any atom is -0.490 e. The van der Waals surface area contributed by atoms with E-state index in [1.165, 1.54) is 6.08 Å². The number of pyridine rings is 1. The van der Waals surface area contributed by atoms with E-state index in [-0.39, 0.29) is 5.78 Å². The van der Waals surface area contributed by atoms with Crippen LogP contribution in [0.1, 0.15) is 42.7 Å². The number of carbonyl (C=O) groups excluding carboxylic acids is 1. The molecule has 4 nitrogen and oxygen atoms in total. The Kier molecular flexibility index (Phi) is 7.02. The van der Waals surface area contributed by atoms with Gasteiger partial charge in [-0.05, 0) is 49.2 Å². The number of ketones is 1. The lowest BCUT2D eigenvalue weighted by Gasteiger charge is -2.12. The summed E-state index contributed by atoms with van der Waals surface area (Å²) in [6.45, 7) is 5.29. The molecule has 0 radical (unpaired) electrons. The van der Waals surface area contributed by atoms with Crippen molar-refractivity contribution in [3.05, 3.63) is 59.9 Å². The van der Waals surface area contributed by atoms with E-state index in [9.17, 15) is 4.79 Å². The van der Waals surface area contributed by atoms with Crippen LogP contribution in [0.5, 0.6) is 11.5 Å². The summed E-state index contributed by atoms with van der Waals surface area (Å²) in [7, 11) is 0. The van der Waals surface area contributed by atoms with Crippen LogP contribution in [-0.4, -0.2) is 24.0 Å². The molecule has 1 heterocycles. The Morgan fingerprint density at radius 3 is 2.71 bits per heavy atom. The quantitative estimate of drug-likeness (QED) is 0.385. The number of benzene rings is 1. The monoisotopic (exact) mass is 325 g/mol. The molecular formula is C20H23NO3. The van der Waals surface area contributed by atoms with Crippen molar-refractivity contribution in [1.82, 2.24) is 4.98 Å². The molecule has 24 heavy (non-hydrogen) atoms. The molecule has 0 unspecified atom stereocenters. The van der Waals surface area contributed by atoms with E-state index in [0.29, 0.717) is 24.7 Å². The molecule has 0 bridgehead atoms. The molecule has 0 fully saturated rings. The summed E-state index contributed by atoms with van der Waals surface area (Å²) < 4.78 is 11.4. The summed E-state index contributed by atoms with van der Waals surface area (Å²) in [5.74, 6) is 1.30. The summed E-state index contributed by atoms with van der Waals surface area (Å²) in [6.07, 6.45) is 6.98. The molecule has 0 amide bonds. The fourth-order valence-corrected chi connectivity index (χ4v) is 2.11. The van der Waals surface area contributed by atoms with Gasteiger partial charge in [0.05, 0.1) is 13.2 Å². The highest BCUT2D eigenvalue weighted by Crippen LogP contribution is 2.29. The first-order chi connectivity index (χ1) is 11.7. The molecule has 0 aliphatic heterocycles. The zero-order chi connectivity index (χ0) is 17.2. The molecule has 126 valence electrons. The second kappa shape index (κ2) is 9.50. The third kappa shape index (κ3) is 5.23. The normalized spacial score (nSPS) is 10.8. The Morgan fingerprint density at radius 1 is 1.12 bits per heavy atom. The van der Waals surface area contributed by atoms with E-state index in [4.69, 9.17) is 9.47 Å². The molecule has 1 aromatic carbocycles. The van der Waals surface area contributed by atoms with Crippen molar-refractivity contribution in [2.24, 2.45) is 0 Å². The minimum absolute atomic E-state index is 0.128. The van der Waals surface area contributed by atoms with Crippen molar-refractivity contribution < 1.29 is 14.3 Å². The fraction of sp³-hybridized carbons (Fsp3) is 0.300. The summed E-state index contributed by atoms with van der Waals surface area (Å²) in [6, 6.07) is 10.9. The van der Waals surface area contributed by atoms with Gasteiger partial charge in [0.15, 0.2) is 11.5 Å². The van der Waals surface area contributed by atoms with Crippen LogP contribution in [-0.2, 0) is 0 Å². The predicted octanol–water partition coefficient (Wildman–Crippen LogP) is 4.56. The highest BCUT2D eigenvalue weighted by molar-refractivity contribution is 6.05. The van der Waals surface area contributed by atoms with Gasteiger partial charge in [0.2, 0.25) is 5.78 Å². The first-order valence-electron chi connectivity index (χ1n) is 8.27. The molecule has 0 saturated carbocycles. The topological polar surface area (TPSA) is 48.4 Å². The van der Waals surface area contributed by atoms with Crippen LogP contribution >= 0.6 is 0 Å². The van der Waals surface area contributed by atoms with Gasteiger partial charge < -0.3 is 9.47 Å². The van der Waals surface area contributed by atoms with Crippen LogP contribution < -0.4 is 9.47 Å². The van der Waals surface area contributed by atoms with E-state index >= 15 is 0 Å². The summed E-state index contributed by atoms with van der Waals surface area (Å²) in [5, 5.41) is 0. The number of nitrogens with zero attached hydrogens (tertiary/aromatic N) is 1. The van der Waals surface area contributed by atoms with Crippen LogP contribution in [0, 0.1) is 0 Å². The summed E-state index contributed by atoms with van der Waals surface area (Å²) in [5.41, 5.74) is 1.31. The third-order valence-corrected chi connectivity index (χ3v) is 3.37. The molecule has 0 saturated heterocycles. The Morgan fingerprint density at radius 2 is 2.00 bits per heavy atom. The van der Waals surface area contributed by atoms with E-state index in [2.05, 4.69) is 11.9 Å². The van der Waals surface area contributed by atoms with Crippen LogP contribution in [0.2, 0.25) is 0 Å². The maximum atomic E-state index is 12.1. The van der Waals surface area contributed by atoms with Gasteiger partial charge in [-0.3, -0.25) is 9.78 Å². The highest BCUT2D eigenvalue weighted by Gasteiger charge is 2.06. The maximum absolute atomic E-state index is 12.1. The molecule has 0 atom stereocenters. The number of unbranched alkanes of at least 4 members (excludes halogenated alkanes) is 1. The lowest BCUT2D eigenvalue weighted by molar-refractivity contribution is 0.104. The number of rotatable bonds is 9. The van der Waals surface area contributed by atoms with Crippen molar-refractivity contribution in [3.63, 3.8) is 0 Å². The molecule has 0 spiro atoms. The van der Waals surface area contributed by atoms with Crippen LogP contribution in [0.25, 0.3) is 6.08 Å². The van der Waals surface area contributed by atoms with Crippen molar-refractivity contribution in [3.8, 4) is 11.5 Å². The fourth-order valence-electron chi connectivity index (χ4n) is 2.11. The minimum atomic E-state index is -0.128. The summed E-state index contributed by atoms with van der Waals surface area (Å²) >= 11 is 0. The van der Waals surface area contributed by atoms with E-state index in [1.807, 2.05) is 25.1 Å². The largest absolute Gasteiger partial charge is 0.490 e. The molecule has 1 aromatic heterocycles. The number of hydrogen-bond acceptors (Lipinski definition) is 4. The van der Waals surface area contributed by atoms with Gasteiger partial charge in [0.1, 0.15) is 5.69 Å². The SMILES string of the molecule is CCCCOc1ccc(/C=C/C(=O)c2ccccn2)cc1OCC. The van der Waals surface area contributed by atoms with Gasteiger partial charge >= 0.3 is 0 Å². The van der Waals surface area contributed by atoms with E-state index in [1.54, 1.807) is 30.5 Å². The van der Waals surface area contributed by atoms with Gasteiger partial charge in [-0.1, -0.05) is 31.6 Å². The summed E-state index contributed by atoms with van der Waals surface area (Å²) in [4.78, 5) is 16.1. The first kappa shape index (κ1) is 17.7. The molecule has 0 aliphatic carbocycles. The second-order valence-electron chi connectivity index (χ2n) is 5.25. The zero-order valence-electron chi connectivity index (χ0n) is 14.2. The molecule has 0 N–H and O–H groups in total. The van der Waals surface area contributed by atoms with Crippen LogP contribution in [0.4, 0.5) is 0 Å². The molecule has 4 heteroatoms. The maximum Gasteiger partial charge on any atom is 0.204 e. The van der Waals surface area contributed by atoms with Crippen molar-refractivity contribution in [1.29, 1.82) is 0 Å². The van der Waals surface area contributed by atoms with E-state index in [0.717, 1.165) is 24.2 Å². The van der Waals surface area contributed by atoms with Crippen LogP contribution in [0.3, 0.4) is 0 Å². The average Bonchev–Trinajstić information content (AvgIpc) is 2.62. The van der Waals surface area contributed by atoms with Crippen LogP contribution in [0.15, 0.2) is 48.7 Å². The molecule has 0 aliphatic rings. The molecule has 2 aromatic rings. The number of aromatic nitrogens is 1. The number of allylic oxidation sites excluding steroid dienone is 1. The van der Waals surface area contributed by atoms with E-state index < -0.39 is 0 Å². The smallest absolute Gasteiger partial charge is 0.204 e. The van der Waals surface area contributed by atoms with Crippen molar-refractivity contribution in [2.75, 3.05) is 13.2 Å². The average molecular weight is 325 g/mol. The lowest BCUT2D eigenvalue weighted by Crippen LogP contribution is -2.01. The van der Waals surface area contributed by atoms with Crippen molar-refractivity contribution >= 4 is 11.9 Å². The molecule has 2 rings (SSSR count). The standard InChI is InChI=1S/C20H23NO3/c1-3-5-14-24-19-12-10-16(15-20(19)23-4-2)9-11-18(22)17-8-6-7-13-21-17/h6-13,15H,3-5,14H2,1-2H3/b11-9+. The van der Waals surface area contributed by atoms with Gasteiger partial charge in [0, 0.05) is 6.20 Å². The predicted molar refractivity (Wildman–Crippen MR) is 95.6 cm³/mol. The number of carbonyl (C=O) groups is 1. The van der Waals surface area contributed by atoms with Gasteiger partial charge in [-0.2, -0.15) is 0 Å². The second-order valence-corrected chi connectivity index (χ2v) is 5.25. The Bertz CT molecular complexity index is 681. The van der Waals surface area contributed by atoms with Gasteiger partial charge in [-0.15, -0.1) is 0 Å².